The summed E-state index contributed by atoms with van der Waals surface area (Å²) in [5.41, 5.74) is 0.898. The summed E-state index contributed by atoms with van der Waals surface area (Å²) in [6.07, 6.45) is 6.06. The average Bonchev–Trinajstić information content (AvgIpc) is 2.75. The van der Waals surface area contributed by atoms with Gasteiger partial charge in [-0.25, -0.2) is 8.42 Å². The second-order valence-corrected chi connectivity index (χ2v) is 8.07. The van der Waals surface area contributed by atoms with Crippen LogP contribution in [-0.4, -0.2) is 37.9 Å². The Hall–Kier alpha value is -3.26. The van der Waals surface area contributed by atoms with Crippen LogP contribution in [0.5, 0.6) is 5.75 Å². The molecule has 0 fully saturated rings. The lowest BCUT2D eigenvalue weighted by molar-refractivity contribution is 0.0953. The highest BCUT2D eigenvalue weighted by molar-refractivity contribution is 7.91. The fourth-order valence-corrected chi connectivity index (χ4v) is 4.34. The molecule has 0 saturated heterocycles. The first-order chi connectivity index (χ1) is 13.5. The summed E-state index contributed by atoms with van der Waals surface area (Å²) in [4.78, 5) is 20.4. The summed E-state index contributed by atoms with van der Waals surface area (Å²) in [6.45, 7) is -0.0960. The number of rotatable bonds is 7. The molecule has 0 aliphatic heterocycles. The zero-order valence-corrected chi connectivity index (χ0v) is 16.0. The molecule has 0 aliphatic rings. The third-order valence-corrected chi connectivity index (χ3v) is 6.33. The Morgan fingerprint density at radius 2 is 1.75 bits per heavy atom. The van der Waals surface area contributed by atoms with E-state index in [1.165, 1.54) is 37.8 Å². The fourth-order valence-electron chi connectivity index (χ4n) is 2.69. The van der Waals surface area contributed by atoms with Crippen molar-refractivity contribution in [3.8, 4) is 5.75 Å². The van der Waals surface area contributed by atoms with Crippen LogP contribution < -0.4 is 10.1 Å². The minimum atomic E-state index is -3.78. The quantitative estimate of drug-likeness (QED) is 0.657. The number of benzene rings is 1. The second kappa shape index (κ2) is 8.62. The van der Waals surface area contributed by atoms with Gasteiger partial charge in [-0.05, 0) is 48.0 Å². The number of amides is 1. The molecule has 3 rings (SSSR count). The zero-order valence-electron chi connectivity index (χ0n) is 15.1. The molecule has 1 amide bonds. The highest BCUT2D eigenvalue weighted by atomic mass is 32.2. The number of carbonyl (C=O) groups is 1. The number of sulfone groups is 1. The summed E-state index contributed by atoms with van der Waals surface area (Å²) < 4.78 is 31.6. The van der Waals surface area contributed by atoms with E-state index in [2.05, 4.69) is 15.3 Å². The van der Waals surface area contributed by atoms with Crippen molar-refractivity contribution in [2.24, 2.45) is 0 Å². The molecule has 1 N–H and O–H groups in total. The molecular weight excluding hydrogens is 378 g/mol. The highest BCUT2D eigenvalue weighted by Gasteiger charge is 2.30. The van der Waals surface area contributed by atoms with Crippen molar-refractivity contribution in [2.75, 3.05) is 13.7 Å². The maximum absolute atomic E-state index is 13.3. The van der Waals surface area contributed by atoms with Crippen LogP contribution in [0, 0.1) is 0 Å². The third kappa shape index (κ3) is 4.34. The number of carbonyl (C=O) groups excluding carboxylic acids is 1. The van der Waals surface area contributed by atoms with Crippen LogP contribution in [0.25, 0.3) is 0 Å². The van der Waals surface area contributed by atoms with Gasteiger partial charge in [0.15, 0.2) is 9.84 Å². The lowest BCUT2D eigenvalue weighted by Gasteiger charge is -2.19. The van der Waals surface area contributed by atoms with Crippen molar-refractivity contribution in [1.82, 2.24) is 15.3 Å². The fraction of sp³-hybridized carbons (Fsp3) is 0.150. The van der Waals surface area contributed by atoms with Crippen molar-refractivity contribution < 1.29 is 17.9 Å². The number of hydrogen-bond donors (Lipinski definition) is 1. The van der Waals surface area contributed by atoms with E-state index in [0.29, 0.717) is 16.9 Å². The molecule has 0 spiro atoms. The van der Waals surface area contributed by atoms with Gasteiger partial charge in [0.1, 0.15) is 11.0 Å². The number of nitrogens with one attached hydrogen (secondary N) is 1. The summed E-state index contributed by atoms with van der Waals surface area (Å²) in [5, 5.41) is 1.71. The van der Waals surface area contributed by atoms with Crippen LogP contribution in [0.15, 0.2) is 78.2 Å². The van der Waals surface area contributed by atoms with Crippen molar-refractivity contribution in [3.05, 3.63) is 84.4 Å². The molecule has 28 heavy (non-hydrogen) atoms. The van der Waals surface area contributed by atoms with Crippen molar-refractivity contribution >= 4 is 15.7 Å². The predicted molar refractivity (Wildman–Crippen MR) is 104 cm³/mol. The Morgan fingerprint density at radius 1 is 1.04 bits per heavy atom. The van der Waals surface area contributed by atoms with Gasteiger partial charge in [-0.3, -0.25) is 14.8 Å². The SMILES string of the molecule is COc1ccc(S(=O)(=O)[C@H](CNC(=O)c2ccncc2)c2cccnc2)cc1. The van der Waals surface area contributed by atoms with Crippen LogP contribution in [0.2, 0.25) is 0 Å². The van der Waals surface area contributed by atoms with E-state index in [-0.39, 0.29) is 17.3 Å². The molecule has 7 nitrogen and oxygen atoms in total. The minimum Gasteiger partial charge on any atom is -0.497 e. The van der Waals surface area contributed by atoms with Gasteiger partial charge in [0, 0.05) is 36.9 Å². The number of nitrogens with zero attached hydrogens (tertiary/aromatic N) is 2. The number of methoxy groups -OCH3 is 1. The van der Waals surface area contributed by atoms with Gasteiger partial charge in [0.05, 0.1) is 12.0 Å². The largest absolute Gasteiger partial charge is 0.497 e. The van der Waals surface area contributed by atoms with Crippen LogP contribution in [0.1, 0.15) is 21.2 Å². The monoisotopic (exact) mass is 397 g/mol. The van der Waals surface area contributed by atoms with Crippen LogP contribution in [0.4, 0.5) is 0 Å². The smallest absolute Gasteiger partial charge is 0.251 e. The Kier molecular flexibility index (Phi) is 6.00. The van der Waals surface area contributed by atoms with Gasteiger partial charge in [-0.1, -0.05) is 6.07 Å². The number of aromatic nitrogens is 2. The van der Waals surface area contributed by atoms with Crippen molar-refractivity contribution in [2.45, 2.75) is 10.1 Å². The summed E-state index contributed by atoms with van der Waals surface area (Å²) in [5.74, 6) is 0.184. The first-order valence-electron chi connectivity index (χ1n) is 8.48. The molecule has 144 valence electrons. The Labute approximate surface area is 163 Å². The molecule has 2 aromatic heterocycles. The molecule has 0 saturated carbocycles. The zero-order chi connectivity index (χ0) is 20.0. The Morgan fingerprint density at radius 3 is 2.36 bits per heavy atom. The third-order valence-electron chi connectivity index (χ3n) is 4.21. The average molecular weight is 397 g/mol. The number of ether oxygens (including phenoxy) is 1. The molecule has 1 atom stereocenters. The molecule has 0 unspecified atom stereocenters. The first-order valence-corrected chi connectivity index (χ1v) is 10.0. The normalized spacial score (nSPS) is 12.2. The van der Waals surface area contributed by atoms with Gasteiger partial charge in [0.25, 0.3) is 5.91 Å². The van der Waals surface area contributed by atoms with Crippen molar-refractivity contribution in [3.63, 3.8) is 0 Å². The molecule has 0 radical (unpaired) electrons. The Bertz CT molecular complexity index is 1020. The molecule has 0 bridgehead atoms. The van der Waals surface area contributed by atoms with Gasteiger partial charge >= 0.3 is 0 Å². The number of pyridine rings is 2. The van der Waals surface area contributed by atoms with E-state index in [0.717, 1.165) is 0 Å². The lowest BCUT2D eigenvalue weighted by Crippen LogP contribution is -2.32. The second-order valence-electron chi connectivity index (χ2n) is 5.94. The predicted octanol–water partition coefficient (Wildman–Crippen LogP) is 2.43. The van der Waals surface area contributed by atoms with E-state index in [4.69, 9.17) is 4.74 Å². The topological polar surface area (TPSA) is 98.2 Å². The van der Waals surface area contributed by atoms with E-state index in [9.17, 15) is 13.2 Å². The van der Waals surface area contributed by atoms with Gasteiger partial charge in [-0.15, -0.1) is 0 Å². The highest BCUT2D eigenvalue weighted by Crippen LogP contribution is 2.29. The van der Waals surface area contributed by atoms with Crippen molar-refractivity contribution in [1.29, 1.82) is 0 Å². The molecule has 1 aromatic carbocycles. The maximum Gasteiger partial charge on any atom is 0.251 e. The summed E-state index contributed by atoms with van der Waals surface area (Å²) in [6, 6.07) is 12.6. The van der Waals surface area contributed by atoms with Crippen LogP contribution in [0.3, 0.4) is 0 Å². The Balaban J connectivity index is 1.89. The van der Waals surface area contributed by atoms with Gasteiger partial charge in [0.2, 0.25) is 0 Å². The first kappa shape index (κ1) is 19.5. The van der Waals surface area contributed by atoms with E-state index in [1.54, 1.807) is 42.6 Å². The standard InChI is InChI=1S/C20H19N3O4S/c1-27-17-4-6-18(7-5-17)28(25,26)19(16-3-2-10-22-13-16)14-23-20(24)15-8-11-21-12-9-15/h2-13,19H,14H2,1H3,(H,23,24)/t19-/m1/s1. The number of hydrogen-bond acceptors (Lipinski definition) is 6. The van der Waals surface area contributed by atoms with E-state index in [1.807, 2.05) is 0 Å². The minimum absolute atomic E-state index is 0.0960. The van der Waals surface area contributed by atoms with Crippen LogP contribution >= 0.6 is 0 Å². The maximum atomic E-state index is 13.3. The lowest BCUT2D eigenvalue weighted by atomic mass is 10.2. The van der Waals surface area contributed by atoms with Crippen LogP contribution in [-0.2, 0) is 9.84 Å². The van der Waals surface area contributed by atoms with E-state index >= 15 is 0 Å². The molecule has 2 heterocycles. The molecule has 3 aromatic rings. The summed E-state index contributed by atoms with van der Waals surface area (Å²) >= 11 is 0. The molecular formula is C20H19N3O4S. The van der Waals surface area contributed by atoms with Gasteiger partial charge in [-0.2, -0.15) is 0 Å². The summed E-state index contributed by atoms with van der Waals surface area (Å²) in [7, 11) is -2.27. The molecule has 0 aliphatic carbocycles. The van der Waals surface area contributed by atoms with Gasteiger partial charge < -0.3 is 10.1 Å². The van der Waals surface area contributed by atoms with E-state index < -0.39 is 15.1 Å². The molecule has 8 heteroatoms.